The first-order valence-corrected chi connectivity index (χ1v) is 17.4. The summed E-state index contributed by atoms with van der Waals surface area (Å²) < 4.78 is 44.1. The van der Waals surface area contributed by atoms with E-state index in [0.717, 1.165) is 33.4 Å². The zero-order valence-electron chi connectivity index (χ0n) is 33.4. The third kappa shape index (κ3) is 5.63. The average molecular weight is 682 g/mol. The predicted molar refractivity (Wildman–Crippen MR) is 219 cm³/mol. The molecule has 0 aliphatic carbocycles. The Hall–Kier alpha value is -7.17. The maximum absolute atomic E-state index is 8.61. The van der Waals surface area contributed by atoms with Crippen LogP contribution in [0.15, 0.2) is 194 Å². The van der Waals surface area contributed by atoms with Gasteiger partial charge in [0, 0.05) is 33.2 Å². The number of para-hydroxylation sites is 1. The average Bonchev–Trinajstić information content (AvgIpc) is 3.61. The minimum atomic E-state index is -0.472. The van der Waals surface area contributed by atoms with Crippen LogP contribution in [0.5, 0.6) is 0 Å². The van der Waals surface area contributed by atoms with Gasteiger partial charge >= 0.3 is 0 Å². The summed E-state index contributed by atoms with van der Waals surface area (Å²) in [4.78, 5) is 14.1. The molecule has 0 amide bonds. The highest BCUT2D eigenvalue weighted by molar-refractivity contribution is 6.10. The Kier molecular flexibility index (Phi) is 6.24. The molecule has 4 heteroatoms. The van der Waals surface area contributed by atoms with Gasteiger partial charge in [-0.2, -0.15) is 0 Å². The highest BCUT2D eigenvalue weighted by atomic mass is 15.0. The van der Waals surface area contributed by atoms with Gasteiger partial charge in [0.15, 0.2) is 17.5 Å². The number of aromatic nitrogens is 4. The van der Waals surface area contributed by atoms with Crippen molar-refractivity contribution < 1.29 is 6.85 Å². The van der Waals surface area contributed by atoms with Gasteiger partial charge in [0.25, 0.3) is 0 Å². The number of fused-ring (bicyclic) bond motifs is 4. The Balaban J connectivity index is 1.06. The molecule has 2 aromatic heterocycles. The Morgan fingerprint density at radius 2 is 0.925 bits per heavy atom. The largest absolute Gasteiger partial charge is 0.309 e. The lowest BCUT2D eigenvalue weighted by Gasteiger charge is -2.12. The van der Waals surface area contributed by atoms with E-state index in [-0.39, 0.29) is 23.5 Å². The van der Waals surface area contributed by atoms with Crippen molar-refractivity contribution in [3.05, 3.63) is 194 Å². The lowest BCUT2D eigenvalue weighted by atomic mass is 10.00. The van der Waals surface area contributed by atoms with Crippen LogP contribution in [-0.4, -0.2) is 19.5 Å². The Morgan fingerprint density at radius 3 is 1.74 bits per heavy atom. The Bertz CT molecular complexity index is 3200. The Labute approximate surface area is 314 Å². The van der Waals surface area contributed by atoms with E-state index in [1.807, 2.05) is 54.6 Å². The van der Waals surface area contributed by atoms with Crippen molar-refractivity contribution in [1.29, 1.82) is 0 Å². The first kappa shape index (κ1) is 25.7. The summed E-state index contributed by atoms with van der Waals surface area (Å²) in [5, 5.41) is 4.80. The van der Waals surface area contributed by atoms with Crippen LogP contribution in [0.3, 0.4) is 0 Å². The van der Waals surface area contributed by atoms with Crippen molar-refractivity contribution in [3.8, 4) is 62.1 Å². The van der Waals surface area contributed by atoms with Crippen molar-refractivity contribution in [2.45, 2.75) is 0 Å². The quantitative estimate of drug-likeness (QED) is 0.175. The fourth-order valence-corrected chi connectivity index (χ4v) is 7.13. The fourth-order valence-electron chi connectivity index (χ4n) is 7.13. The van der Waals surface area contributed by atoms with Crippen molar-refractivity contribution >= 4 is 32.6 Å². The number of rotatable bonds is 6. The van der Waals surface area contributed by atoms with Gasteiger partial charge in [-0.3, -0.25) is 0 Å². The highest BCUT2D eigenvalue weighted by Crippen LogP contribution is 2.37. The molecule has 0 atom stereocenters. The lowest BCUT2D eigenvalue weighted by molar-refractivity contribution is 1.07. The van der Waals surface area contributed by atoms with Crippen LogP contribution < -0.4 is 0 Å². The van der Waals surface area contributed by atoms with Gasteiger partial charge in [0.05, 0.1) is 17.9 Å². The van der Waals surface area contributed by atoms with Crippen LogP contribution in [0.25, 0.3) is 94.7 Å². The van der Waals surface area contributed by atoms with Crippen LogP contribution in [0.1, 0.15) is 6.85 Å². The van der Waals surface area contributed by atoms with E-state index in [1.54, 1.807) is 0 Å². The molecule has 248 valence electrons. The smallest absolute Gasteiger partial charge is 0.164 e. The molecule has 0 fully saturated rings. The molecule has 0 saturated heterocycles. The minimum Gasteiger partial charge on any atom is -0.309 e. The molecule has 0 unspecified atom stereocenters. The molecule has 0 aliphatic rings. The molecular formula is C49H32N4. The third-order valence-corrected chi connectivity index (χ3v) is 9.73. The summed E-state index contributed by atoms with van der Waals surface area (Å²) in [5.41, 5.74) is 8.95. The standard InChI is InChI=1S/C49H32N4/c1-3-13-35(14-4-1)47-50-48(36-15-5-2-6-16-36)52-49(51-47)37-25-22-34(23-26-37)39-18-11-19-42(31-39)53-45-21-10-9-20-43(45)44-29-28-41(32-46(44)53)40-27-24-33-12-7-8-17-38(33)30-40/h1-32H/i1D,3D,4D,13D,14D. The van der Waals surface area contributed by atoms with Gasteiger partial charge in [-0.05, 0) is 63.4 Å². The lowest BCUT2D eigenvalue weighted by Crippen LogP contribution is -2.00. The summed E-state index contributed by atoms with van der Waals surface area (Å²) in [7, 11) is 0. The molecule has 0 spiro atoms. The fraction of sp³-hybridized carbons (Fsp3) is 0. The molecule has 53 heavy (non-hydrogen) atoms. The molecule has 4 nitrogen and oxygen atoms in total. The highest BCUT2D eigenvalue weighted by Gasteiger charge is 2.15. The molecule has 0 N–H and O–H groups in total. The molecule has 10 rings (SSSR count). The minimum absolute atomic E-state index is 0.00702. The first-order chi connectivity index (χ1) is 28.3. The number of hydrogen-bond acceptors (Lipinski definition) is 3. The molecule has 0 saturated carbocycles. The van der Waals surface area contributed by atoms with Gasteiger partial charge < -0.3 is 4.57 Å². The molecule has 10 aromatic rings. The molecular weight excluding hydrogens is 645 g/mol. The molecule has 0 bridgehead atoms. The zero-order valence-corrected chi connectivity index (χ0v) is 28.4. The Morgan fingerprint density at radius 1 is 0.358 bits per heavy atom. The molecule has 8 aromatic carbocycles. The second-order valence-corrected chi connectivity index (χ2v) is 12.9. The van der Waals surface area contributed by atoms with Crippen LogP contribution in [0.4, 0.5) is 0 Å². The number of hydrogen-bond donors (Lipinski definition) is 0. The van der Waals surface area contributed by atoms with Crippen molar-refractivity contribution in [3.63, 3.8) is 0 Å². The van der Waals surface area contributed by atoms with E-state index in [1.165, 1.54) is 27.1 Å². The summed E-state index contributed by atoms with van der Waals surface area (Å²) in [6, 6.07) is 54.0. The molecule has 0 aliphatic heterocycles. The first-order valence-electron chi connectivity index (χ1n) is 19.9. The molecule has 2 heterocycles. The SMILES string of the molecule is [2H]c1c([2H])c([2H])c(-c2nc(-c3ccccc3)nc(-c3ccc(-c4cccc(-n5c6ccccc6c6ccc(-c7ccc8ccccc8c7)cc65)c4)cc3)n2)c([2H])c1[2H]. The van der Waals surface area contributed by atoms with Crippen LogP contribution in [-0.2, 0) is 0 Å². The normalized spacial score (nSPS) is 12.7. The predicted octanol–water partition coefficient (Wildman–Crippen LogP) is 12.5. The summed E-state index contributed by atoms with van der Waals surface area (Å²) in [6.45, 7) is 0. The van der Waals surface area contributed by atoms with Crippen LogP contribution in [0.2, 0.25) is 0 Å². The van der Waals surface area contributed by atoms with Gasteiger partial charge in [-0.1, -0.05) is 164 Å². The third-order valence-electron chi connectivity index (χ3n) is 9.73. The molecule has 0 radical (unpaired) electrons. The second-order valence-electron chi connectivity index (χ2n) is 12.9. The van der Waals surface area contributed by atoms with E-state index in [2.05, 4.69) is 119 Å². The maximum atomic E-state index is 8.61. The van der Waals surface area contributed by atoms with Gasteiger partial charge in [0.1, 0.15) is 0 Å². The van der Waals surface area contributed by atoms with E-state index in [4.69, 9.17) is 16.8 Å². The number of benzene rings is 8. The number of nitrogens with zero attached hydrogens (tertiary/aromatic N) is 4. The van der Waals surface area contributed by atoms with E-state index in [0.29, 0.717) is 22.8 Å². The van der Waals surface area contributed by atoms with Gasteiger partial charge in [0.2, 0.25) is 0 Å². The topological polar surface area (TPSA) is 43.6 Å². The maximum Gasteiger partial charge on any atom is 0.164 e. The summed E-state index contributed by atoms with van der Waals surface area (Å²) in [6.07, 6.45) is 0. The van der Waals surface area contributed by atoms with Gasteiger partial charge in [-0.25, -0.2) is 15.0 Å². The van der Waals surface area contributed by atoms with Crippen LogP contribution >= 0.6 is 0 Å². The van der Waals surface area contributed by atoms with Crippen LogP contribution in [0, 0.1) is 0 Å². The zero-order chi connectivity index (χ0) is 39.5. The van der Waals surface area contributed by atoms with Crippen molar-refractivity contribution in [2.24, 2.45) is 0 Å². The summed E-state index contributed by atoms with van der Waals surface area (Å²) in [5.74, 6) is 0.662. The van der Waals surface area contributed by atoms with E-state index < -0.39 is 18.1 Å². The van der Waals surface area contributed by atoms with Gasteiger partial charge in [-0.15, -0.1) is 0 Å². The monoisotopic (exact) mass is 681 g/mol. The van der Waals surface area contributed by atoms with E-state index in [9.17, 15) is 0 Å². The summed E-state index contributed by atoms with van der Waals surface area (Å²) >= 11 is 0. The van der Waals surface area contributed by atoms with Crippen molar-refractivity contribution in [2.75, 3.05) is 0 Å². The van der Waals surface area contributed by atoms with E-state index >= 15 is 0 Å². The second kappa shape index (κ2) is 12.9. The van der Waals surface area contributed by atoms with Crippen molar-refractivity contribution in [1.82, 2.24) is 19.5 Å².